The van der Waals surface area contributed by atoms with Crippen LogP contribution in [-0.4, -0.2) is 21.1 Å². The SMILES string of the molecule is CCCNC(c1ccc2cccnc2c1)c1cnns1. The second-order valence-electron chi connectivity index (χ2n) is 4.66. The zero-order valence-corrected chi connectivity index (χ0v) is 12.1. The van der Waals surface area contributed by atoms with Crippen LogP contribution < -0.4 is 5.32 Å². The van der Waals surface area contributed by atoms with Crippen LogP contribution >= 0.6 is 11.5 Å². The molecule has 5 heteroatoms. The number of pyridine rings is 1. The Morgan fingerprint density at radius 2 is 2.25 bits per heavy atom. The van der Waals surface area contributed by atoms with Crippen LogP contribution in [0.3, 0.4) is 0 Å². The first-order chi connectivity index (χ1) is 9.88. The summed E-state index contributed by atoms with van der Waals surface area (Å²) >= 11 is 1.44. The molecule has 1 aromatic carbocycles. The number of hydrogen-bond donors (Lipinski definition) is 1. The molecule has 0 aliphatic carbocycles. The molecule has 4 nitrogen and oxygen atoms in total. The van der Waals surface area contributed by atoms with Gasteiger partial charge in [-0.05, 0) is 42.2 Å². The largest absolute Gasteiger partial charge is 0.305 e. The molecule has 0 saturated carbocycles. The predicted molar refractivity (Wildman–Crippen MR) is 81.8 cm³/mol. The minimum absolute atomic E-state index is 0.140. The highest BCUT2D eigenvalue weighted by molar-refractivity contribution is 7.05. The molecule has 3 rings (SSSR count). The maximum Gasteiger partial charge on any atom is 0.0705 e. The molecule has 2 aromatic heterocycles. The van der Waals surface area contributed by atoms with Crippen LogP contribution in [0.2, 0.25) is 0 Å². The fourth-order valence-corrected chi connectivity index (χ4v) is 2.84. The normalized spacial score (nSPS) is 12.7. The Kier molecular flexibility index (Phi) is 3.99. The minimum atomic E-state index is 0.140. The van der Waals surface area contributed by atoms with Crippen molar-refractivity contribution >= 4 is 22.4 Å². The van der Waals surface area contributed by atoms with Gasteiger partial charge in [-0.25, -0.2) is 0 Å². The van der Waals surface area contributed by atoms with Gasteiger partial charge >= 0.3 is 0 Å². The lowest BCUT2D eigenvalue weighted by Crippen LogP contribution is -2.22. The van der Waals surface area contributed by atoms with Gasteiger partial charge < -0.3 is 5.32 Å². The van der Waals surface area contributed by atoms with E-state index in [1.54, 1.807) is 0 Å². The van der Waals surface area contributed by atoms with Crippen molar-refractivity contribution in [1.29, 1.82) is 0 Å². The van der Waals surface area contributed by atoms with Gasteiger partial charge in [0.25, 0.3) is 0 Å². The maximum atomic E-state index is 4.43. The summed E-state index contributed by atoms with van der Waals surface area (Å²) < 4.78 is 3.98. The zero-order chi connectivity index (χ0) is 13.8. The summed E-state index contributed by atoms with van der Waals surface area (Å²) in [6, 6.07) is 10.6. The van der Waals surface area contributed by atoms with E-state index in [0.717, 1.165) is 28.7 Å². The second-order valence-corrected chi connectivity index (χ2v) is 5.48. The van der Waals surface area contributed by atoms with Gasteiger partial charge in [0.05, 0.1) is 22.6 Å². The quantitative estimate of drug-likeness (QED) is 0.782. The third-order valence-electron chi connectivity index (χ3n) is 3.22. The number of hydrogen-bond acceptors (Lipinski definition) is 5. The Morgan fingerprint density at radius 1 is 1.30 bits per heavy atom. The van der Waals surface area contributed by atoms with E-state index in [1.807, 2.05) is 18.5 Å². The molecular weight excluding hydrogens is 268 g/mol. The lowest BCUT2D eigenvalue weighted by Gasteiger charge is -2.17. The first-order valence-corrected chi connectivity index (χ1v) is 7.51. The van der Waals surface area contributed by atoms with Gasteiger partial charge in [0.1, 0.15) is 0 Å². The monoisotopic (exact) mass is 284 g/mol. The Labute approximate surface area is 122 Å². The second kappa shape index (κ2) is 6.07. The van der Waals surface area contributed by atoms with Crippen molar-refractivity contribution < 1.29 is 0 Å². The van der Waals surface area contributed by atoms with Gasteiger partial charge in [-0.2, -0.15) is 0 Å². The number of nitrogens with zero attached hydrogens (tertiary/aromatic N) is 3. The van der Waals surface area contributed by atoms with Gasteiger partial charge in [-0.15, -0.1) is 5.10 Å². The van der Waals surface area contributed by atoms with Crippen molar-refractivity contribution in [3.8, 4) is 0 Å². The molecule has 0 amide bonds. The van der Waals surface area contributed by atoms with Crippen molar-refractivity contribution in [2.45, 2.75) is 19.4 Å². The summed E-state index contributed by atoms with van der Waals surface area (Å²) in [6.45, 7) is 3.12. The topological polar surface area (TPSA) is 50.7 Å². The lowest BCUT2D eigenvalue weighted by atomic mass is 10.0. The van der Waals surface area contributed by atoms with E-state index >= 15 is 0 Å². The van der Waals surface area contributed by atoms with E-state index in [0.29, 0.717) is 0 Å². The zero-order valence-electron chi connectivity index (χ0n) is 11.3. The summed E-state index contributed by atoms with van der Waals surface area (Å²) in [4.78, 5) is 5.56. The fraction of sp³-hybridized carbons (Fsp3) is 0.267. The van der Waals surface area contributed by atoms with Gasteiger partial charge in [0, 0.05) is 11.6 Å². The lowest BCUT2D eigenvalue weighted by molar-refractivity contribution is 0.605. The van der Waals surface area contributed by atoms with Crippen LogP contribution in [0.4, 0.5) is 0 Å². The smallest absolute Gasteiger partial charge is 0.0705 e. The molecule has 1 unspecified atom stereocenters. The highest BCUT2D eigenvalue weighted by Crippen LogP contribution is 2.26. The van der Waals surface area contributed by atoms with E-state index in [2.05, 4.69) is 51.1 Å². The molecule has 0 saturated heterocycles. The molecule has 1 atom stereocenters. The third kappa shape index (κ3) is 2.69. The van der Waals surface area contributed by atoms with Gasteiger partial charge in [0.15, 0.2) is 0 Å². The molecule has 1 N–H and O–H groups in total. The predicted octanol–water partition coefficient (Wildman–Crippen LogP) is 3.18. The van der Waals surface area contributed by atoms with E-state index in [1.165, 1.54) is 17.1 Å². The first-order valence-electron chi connectivity index (χ1n) is 6.74. The molecule has 102 valence electrons. The van der Waals surface area contributed by atoms with Crippen LogP contribution in [-0.2, 0) is 0 Å². The number of fused-ring (bicyclic) bond motifs is 1. The standard InChI is InChI=1S/C15H16N4S/c1-2-7-17-15(14-10-18-19-20-14)12-6-5-11-4-3-8-16-13(11)9-12/h3-6,8-10,15,17H,2,7H2,1H3. The Morgan fingerprint density at radius 3 is 3.05 bits per heavy atom. The number of nitrogens with one attached hydrogen (secondary N) is 1. The summed E-state index contributed by atoms with van der Waals surface area (Å²) in [5, 5.41) is 8.67. The van der Waals surface area contributed by atoms with Crippen molar-refractivity contribution in [2.75, 3.05) is 6.54 Å². The molecular formula is C15H16N4S. The van der Waals surface area contributed by atoms with Crippen molar-refractivity contribution in [2.24, 2.45) is 0 Å². The molecule has 0 aliphatic rings. The molecule has 0 fully saturated rings. The number of aromatic nitrogens is 3. The Bertz CT molecular complexity index is 681. The van der Waals surface area contributed by atoms with Crippen LogP contribution in [0.15, 0.2) is 42.7 Å². The van der Waals surface area contributed by atoms with Crippen molar-refractivity contribution in [3.63, 3.8) is 0 Å². The van der Waals surface area contributed by atoms with E-state index in [-0.39, 0.29) is 6.04 Å². The molecule has 3 aromatic rings. The van der Waals surface area contributed by atoms with Crippen LogP contribution in [0.5, 0.6) is 0 Å². The van der Waals surface area contributed by atoms with E-state index in [4.69, 9.17) is 0 Å². The number of benzene rings is 1. The van der Waals surface area contributed by atoms with Crippen molar-refractivity contribution in [1.82, 2.24) is 19.9 Å². The van der Waals surface area contributed by atoms with Crippen LogP contribution in [0.25, 0.3) is 10.9 Å². The highest BCUT2D eigenvalue weighted by atomic mass is 32.1. The highest BCUT2D eigenvalue weighted by Gasteiger charge is 2.16. The minimum Gasteiger partial charge on any atom is -0.305 e. The molecule has 2 heterocycles. The van der Waals surface area contributed by atoms with Gasteiger partial charge in [-0.3, -0.25) is 4.98 Å². The van der Waals surface area contributed by atoms with Crippen LogP contribution in [0.1, 0.15) is 29.8 Å². The molecule has 0 aliphatic heterocycles. The third-order valence-corrected chi connectivity index (χ3v) is 3.95. The summed E-state index contributed by atoms with van der Waals surface area (Å²) in [7, 11) is 0. The van der Waals surface area contributed by atoms with Crippen LogP contribution in [0, 0.1) is 0 Å². The summed E-state index contributed by atoms with van der Waals surface area (Å²) in [5.41, 5.74) is 2.22. The maximum absolute atomic E-state index is 4.43. The molecule has 0 radical (unpaired) electrons. The summed E-state index contributed by atoms with van der Waals surface area (Å²) in [6.07, 6.45) is 4.75. The summed E-state index contributed by atoms with van der Waals surface area (Å²) in [5.74, 6) is 0. The first kappa shape index (κ1) is 13.1. The average molecular weight is 284 g/mol. The molecule has 0 bridgehead atoms. The average Bonchev–Trinajstić information content (AvgIpc) is 3.02. The number of rotatable bonds is 5. The van der Waals surface area contributed by atoms with E-state index in [9.17, 15) is 0 Å². The van der Waals surface area contributed by atoms with Gasteiger partial charge in [-0.1, -0.05) is 29.6 Å². The Hall–Kier alpha value is -1.85. The molecule has 20 heavy (non-hydrogen) atoms. The molecule has 0 spiro atoms. The van der Waals surface area contributed by atoms with E-state index < -0.39 is 0 Å². The van der Waals surface area contributed by atoms with Gasteiger partial charge in [0.2, 0.25) is 0 Å². The van der Waals surface area contributed by atoms with Crippen molar-refractivity contribution in [3.05, 3.63) is 53.2 Å². The fourth-order valence-electron chi connectivity index (χ4n) is 2.24. The Balaban J connectivity index is 1.99.